The van der Waals surface area contributed by atoms with Gasteiger partial charge in [0, 0.05) is 19.5 Å². The largest absolute Gasteiger partial charge is 0.491 e. The average Bonchev–Trinajstić information content (AvgIpc) is 1.19. The Balaban J connectivity index is 0.000000208. The number of aryl methyl sites for hydroxylation is 2. The molecular formula is C88H68F12N4O16. The van der Waals surface area contributed by atoms with Crippen molar-refractivity contribution in [1.82, 2.24) is 9.80 Å². The number of ether oxygens (including phenoxy) is 4. The van der Waals surface area contributed by atoms with Gasteiger partial charge in [0.2, 0.25) is 10.8 Å². The molecule has 10 aromatic carbocycles. The molecule has 8 amide bonds. The number of halogens is 12. The standard InChI is InChI=1S/C48H34F6N2O6.C40H34F6N2O10/c1-27-5-15-33(16-6-27)61-34-17-7-28(8-18-34)45(2,3)29-9-19-35(20-10-29)62-36-21-13-32(14-22-36)56-43(59)38-24-12-31(26-40(38)44(56)60)46(47(49,50)51,48(52,53)54)30-11-23-37-39(25-30)42(58)55(4)41(37)57;1-20-11-21(3-9-32(20)57-18-25(51)16-49)12-22-4-10-33(58-19-26(52)17-50)31(13-22)48-36(55)28-8-6-24(15-30(28)37(48)56)38(39(41,42)43,40(44,45)46)23-5-7-27-29(14-23)35(54)47(2)34(27)53/h5-26H,1-4H3;3-11,13-15,25-26,49-52H,12,16-19H2,1-2H3. The third kappa shape index (κ3) is 15.0. The minimum absolute atomic E-state index is 0.0127. The number of aliphatic hydroxyl groups is 4. The maximum Gasteiger partial charge on any atom is 0.411 e. The van der Waals surface area contributed by atoms with Crippen molar-refractivity contribution in [2.75, 3.05) is 50.3 Å². The van der Waals surface area contributed by atoms with Gasteiger partial charge in [-0.3, -0.25) is 48.2 Å². The number of rotatable bonds is 22. The lowest BCUT2D eigenvalue weighted by molar-refractivity contribution is -0.290. The average molecular weight is 1670 g/mol. The second kappa shape index (κ2) is 31.7. The Morgan fingerprint density at radius 2 is 0.642 bits per heavy atom. The summed E-state index contributed by atoms with van der Waals surface area (Å²) >= 11 is 0. The highest BCUT2D eigenvalue weighted by molar-refractivity contribution is 6.36. The number of carbonyl (C=O) groups excluding carboxylic acids is 8. The number of anilines is 2. The van der Waals surface area contributed by atoms with Crippen molar-refractivity contribution in [3.63, 3.8) is 0 Å². The minimum Gasteiger partial charge on any atom is -0.491 e. The Morgan fingerprint density at radius 3 is 1.02 bits per heavy atom. The van der Waals surface area contributed by atoms with Gasteiger partial charge in [0.15, 0.2) is 0 Å². The number of hydrogen-bond donors (Lipinski definition) is 4. The fourth-order valence-electron chi connectivity index (χ4n) is 14.8. The molecule has 120 heavy (non-hydrogen) atoms. The van der Waals surface area contributed by atoms with E-state index in [-0.39, 0.29) is 35.7 Å². The predicted molar refractivity (Wildman–Crippen MR) is 407 cm³/mol. The first-order chi connectivity index (χ1) is 56.5. The van der Waals surface area contributed by atoms with E-state index in [9.17, 15) is 53.7 Å². The first-order valence-electron chi connectivity index (χ1n) is 36.5. The number of alkyl halides is 12. The van der Waals surface area contributed by atoms with E-state index < -0.39 is 181 Å². The molecule has 0 saturated carbocycles. The smallest absolute Gasteiger partial charge is 0.411 e. The zero-order valence-corrected chi connectivity index (χ0v) is 63.8. The van der Waals surface area contributed by atoms with Gasteiger partial charge in [-0.25, -0.2) is 9.80 Å². The highest BCUT2D eigenvalue weighted by atomic mass is 19.4. The van der Waals surface area contributed by atoms with Crippen molar-refractivity contribution in [2.45, 2.75) is 87.3 Å². The normalized spacial score (nSPS) is 14.9. The van der Waals surface area contributed by atoms with Gasteiger partial charge in [0.1, 0.15) is 59.9 Å². The van der Waals surface area contributed by atoms with E-state index in [1.54, 1.807) is 43.3 Å². The predicted octanol–water partition coefficient (Wildman–Crippen LogP) is 15.8. The second-order valence-corrected chi connectivity index (χ2v) is 29.3. The molecule has 4 N–H and O–H groups in total. The number of nitrogens with zero attached hydrogens (tertiary/aromatic N) is 4. The van der Waals surface area contributed by atoms with Crippen LogP contribution in [-0.2, 0) is 22.7 Å². The molecular weight excluding hydrogens is 1600 g/mol. The molecule has 620 valence electrons. The fraction of sp³-hybridized carbons (Fsp3) is 0.227. The van der Waals surface area contributed by atoms with Crippen molar-refractivity contribution < 1.29 is 130 Å². The minimum atomic E-state index is -6.15. The molecule has 4 aliphatic rings. The molecule has 10 aromatic rings. The van der Waals surface area contributed by atoms with Gasteiger partial charge in [-0.05, 0) is 198 Å². The van der Waals surface area contributed by atoms with Crippen molar-refractivity contribution in [2.24, 2.45) is 0 Å². The zero-order chi connectivity index (χ0) is 87.0. The van der Waals surface area contributed by atoms with E-state index in [2.05, 4.69) is 13.8 Å². The van der Waals surface area contributed by atoms with E-state index in [4.69, 9.17) is 24.1 Å². The van der Waals surface area contributed by atoms with Gasteiger partial charge >= 0.3 is 24.7 Å². The highest BCUT2D eigenvalue weighted by Gasteiger charge is 2.74. The first kappa shape index (κ1) is 84.9. The molecule has 14 rings (SSSR count). The zero-order valence-electron chi connectivity index (χ0n) is 63.8. The molecule has 4 aliphatic heterocycles. The van der Waals surface area contributed by atoms with E-state index in [1.807, 2.05) is 67.6 Å². The van der Waals surface area contributed by atoms with Gasteiger partial charge in [0.05, 0.1) is 69.1 Å². The molecule has 0 spiro atoms. The van der Waals surface area contributed by atoms with Crippen molar-refractivity contribution in [3.05, 3.63) is 306 Å². The van der Waals surface area contributed by atoms with Crippen LogP contribution in [-0.4, -0.2) is 155 Å². The first-order valence-corrected chi connectivity index (χ1v) is 36.5. The van der Waals surface area contributed by atoms with Gasteiger partial charge < -0.3 is 39.4 Å². The number of aliphatic hydroxyl groups excluding tert-OH is 4. The Bertz CT molecular complexity index is 5760. The number of fused-ring (bicyclic) bond motifs is 4. The molecule has 0 radical (unpaired) electrons. The van der Waals surface area contributed by atoms with E-state index >= 15 is 52.7 Å². The van der Waals surface area contributed by atoms with Gasteiger partial charge in [-0.15, -0.1) is 0 Å². The number of imide groups is 4. The monoisotopic (exact) mass is 1660 g/mol. The summed E-state index contributed by atoms with van der Waals surface area (Å²) in [5, 5.41) is 37.9. The number of carbonyl (C=O) groups is 8. The fourth-order valence-corrected chi connectivity index (χ4v) is 14.8. The summed E-state index contributed by atoms with van der Waals surface area (Å²) in [5.41, 5.74) is -15.6. The molecule has 2 unspecified atom stereocenters. The van der Waals surface area contributed by atoms with Crippen LogP contribution in [0.3, 0.4) is 0 Å². The van der Waals surface area contributed by atoms with Crippen LogP contribution < -0.4 is 28.7 Å². The SMILES string of the molecule is Cc1cc(Cc2ccc(OCC(O)CO)c(N3C(=O)c4ccc(C(c5ccc6c(c5)C(=O)N(C)C6=O)(C(F)(F)F)C(F)(F)F)cc4C3=O)c2)ccc1OCC(O)CO.Cc1ccc(Oc2ccc(C(C)(C)c3ccc(Oc4ccc(N5C(=O)c6ccc(C(c7ccc8c(c7)C(=O)N(C)C8=O)(C(F)(F)F)C(F)(F)F)cc6C5=O)cc4)cc3)cc2)cc1. The van der Waals surface area contributed by atoms with Crippen molar-refractivity contribution in [1.29, 1.82) is 0 Å². The summed E-state index contributed by atoms with van der Waals surface area (Å²) in [6.07, 6.45) is -26.8. The van der Waals surface area contributed by atoms with Crippen LogP contribution in [0, 0.1) is 13.8 Å². The van der Waals surface area contributed by atoms with Gasteiger partial charge in [0.25, 0.3) is 47.3 Å². The third-order valence-electron chi connectivity index (χ3n) is 21.3. The summed E-state index contributed by atoms with van der Waals surface area (Å²) in [4.78, 5) is 108. The maximum absolute atomic E-state index is 15.2. The molecule has 20 nitrogen and oxygen atoms in total. The number of amides is 8. The van der Waals surface area contributed by atoms with Gasteiger partial charge in [-0.1, -0.05) is 98.3 Å². The summed E-state index contributed by atoms with van der Waals surface area (Å²) < 4.78 is 205. The number of benzene rings is 10. The summed E-state index contributed by atoms with van der Waals surface area (Å²) in [7, 11) is 2.07. The molecule has 0 fully saturated rings. The highest BCUT2D eigenvalue weighted by Crippen LogP contribution is 2.59. The van der Waals surface area contributed by atoms with Crippen LogP contribution >= 0.6 is 0 Å². The van der Waals surface area contributed by atoms with Crippen LogP contribution in [0.15, 0.2) is 206 Å². The topological polar surface area (TPSA) is 267 Å². The van der Waals surface area contributed by atoms with Crippen molar-refractivity contribution >= 4 is 58.6 Å². The van der Waals surface area contributed by atoms with Crippen LogP contribution in [0.1, 0.15) is 152 Å². The maximum atomic E-state index is 15.2. The molecule has 2 atom stereocenters. The molecule has 0 saturated heterocycles. The lowest BCUT2D eigenvalue weighted by Crippen LogP contribution is -2.55. The van der Waals surface area contributed by atoms with E-state index in [1.165, 1.54) is 36.4 Å². The summed E-state index contributed by atoms with van der Waals surface area (Å²) in [6, 6.07) is 44.1. The molecule has 0 bridgehead atoms. The number of hydrogen-bond acceptors (Lipinski definition) is 16. The Kier molecular flexibility index (Phi) is 22.4. The lowest BCUT2D eigenvalue weighted by Gasteiger charge is -2.38. The quantitative estimate of drug-likeness (QED) is 0.0363. The van der Waals surface area contributed by atoms with Crippen LogP contribution in [0.5, 0.6) is 34.5 Å². The Morgan fingerprint density at radius 1 is 0.342 bits per heavy atom. The second-order valence-electron chi connectivity index (χ2n) is 29.3. The molecule has 0 aliphatic carbocycles. The van der Waals surface area contributed by atoms with E-state index in [0.717, 1.165) is 48.7 Å². The Labute approximate surface area is 674 Å². The third-order valence-corrected chi connectivity index (χ3v) is 21.3. The van der Waals surface area contributed by atoms with Crippen LogP contribution in [0.2, 0.25) is 0 Å². The molecule has 4 heterocycles. The molecule has 0 aromatic heterocycles. The van der Waals surface area contributed by atoms with Crippen molar-refractivity contribution in [3.8, 4) is 34.5 Å². The summed E-state index contributed by atoms with van der Waals surface area (Å²) in [5.74, 6) is -6.11. The van der Waals surface area contributed by atoms with Crippen LogP contribution in [0.25, 0.3) is 0 Å². The lowest BCUT2D eigenvalue weighted by atomic mass is 9.71. The Hall–Kier alpha value is -13.0. The summed E-state index contributed by atoms with van der Waals surface area (Å²) in [6.45, 7) is 5.96. The van der Waals surface area contributed by atoms with Gasteiger partial charge in [-0.2, -0.15) is 52.7 Å². The molecule has 32 heteroatoms. The van der Waals surface area contributed by atoms with Crippen LogP contribution in [0.4, 0.5) is 64.1 Å². The van der Waals surface area contributed by atoms with E-state index in [0.29, 0.717) is 120 Å².